The number of carbonyl (C=O) groups is 1. The molecule has 4 heteroatoms. The van der Waals surface area contributed by atoms with Crippen molar-refractivity contribution in [3.8, 4) is 0 Å². The zero-order valence-electron chi connectivity index (χ0n) is 12.1. The number of aromatic nitrogens is 1. The Labute approximate surface area is 125 Å². The van der Waals surface area contributed by atoms with Crippen molar-refractivity contribution >= 4 is 16.8 Å². The molecule has 0 unspecified atom stereocenters. The maximum Gasteiger partial charge on any atom is 0.223 e. The van der Waals surface area contributed by atoms with Crippen LogP contribution in [0.4, 0.5) is 0 Å². The molecule has 110 valence electrons. The van der Waals surface area contributed by atoms with E-state index < -0.39 is 0 Å². The van der Waals surface area contributed by atoms with Gasteiger partial charge in [-0.25, -0.2) is 0 Å². The number of hydrogen-bond donors (Lipinski definition) is 2. The molecule has 1 fully saturated rings. The van der Waals surface area contributed by atoms with Gasteiger partial charge in [0.05, 0.1) is 5.52 Å². The van der Waals surface area contributed by atoms with Crippen LogP contribution in [0.3, 0.4) is 0 Å². The number of pyridine rings is 1. The summed E-state index contributed by atoms with van der Waals surface area (Å²) in [6, 6.07) is 10.2. The summed E-state index contributed by atoms with van der Waals surface area (Å²) >= 11 is 0. The molecule has 1 aliphatic heterocycles. The molecule has 0 bridgehead atoms. The monoisotopic (exact) mass is 283 g/mol. The quantitative estimate of drug-likeness (QED) is 0.901. The highest BCUT2D eigenvalue weighted by Gasteiger charge is 2.20. The number of para-hydroxylation sites is 1. The number of nitrogens with zero attached hydrogens (tertiary/aromatic N) is 1. The summed E-state index contributed by atoms with van der Waals surface area (Å²) in [6.45, 7) is 2.58. The fourth-order valence-electron chi connectivity index (χ4n) is 2.92. The molecule has 2 heterocycles. The van der Waals surface area contributed by atoms with Gasteiger partial charge in [0.25, 0.3) is 0 Å². The Balaban J connectivity index is 1.58. The van der Waals surface area contributed by atoms with Crippen LogP contribution in [-0.4, -0.2) is 30.5 Å². The third-order valence-corrected chi connectivity index (χ3v) is 4.12. The average molecular weight is 283 g/mol. The van der Waals surface area contributed by atoms with Crippen molar-refractivity contribution in [3.05, 3.63) is 42.1 Å². The first-order chi connectivity index (χ1) is 10.3. The second-order valence-corrected chi connectivity index (χ2v) is 5.56. The van der Waals surface area contributed by atoms with E-state index in [0.29, 0.717) is 6.54 Å². The topological polar surface area (TPSA) is 54.0 Å². The lowest BCUT2D eigenvalue weighted by atomic mass is 9.97. The molecule has 0 radical (unpaired) electrons. The van der Waals surface area contributed by atoms with E-state index in [1.54, 1.807) is 0 Å². The summed E-state index contributed by atoms with van der Waals surface area (Å²) in [5.41, 5.74) is 2.23. The van der Waals surface area contributed by atoms with Crippen molar-refractivity contribution in [1.29, 1.82) is 0 Å². The van der Waals surface area contributed by atoms with Crippen molar-refractivity contribution in [3.63, 3.8) is 0 Å². The van der Waals surface area contributed by atoms with Crippen molar-refractivity contribution < 1.29 is 4.79 Å². The molecule has 3 rings (SSSR count). The molecule has 2 aromatic rings. The standard InChI is InChI=1S/C17H21N3O/c21-17(15-6-10-18-11-7-15)20-12-8-14-4-1-3-13-5-2-9-19-16(13)14/h1-5,9,15,18H,6-8,10-12H2,(H,20,21). The Morgan fingerprint density at radius 3 is 2.90 bits per heavy atom. The Hall–Kier alpha value is -1.94. The van der Waals surface area contributed by atoms with Crippen LogP contribution in [0.2, 0.25) is 0 Å². The van der Waals surface area contributed by atoms with Gasteiger partial charge in [0.15, 0.2) is 0 Å². The van der Waals surface area contributed by atoms with Gasteiger partial charge in [-0.05, 0) is 44.0 Å². The molecule has 2 N–H and O–H groups in total. The van der Waals surface area contributed by atoms with E-state index >= 15 is 0 Å². The molecule has 21 heavy (non-hydrogen) atoms. The number of nitrogens with one attached hydrogen (secondary N) is 2. The fraction of sp³-hybridized carbons (Fsp3) is 0.412. The first-order valence-electron chi connectivity index (χ1n) is 7.65. The highest BCUT2D eigenvalue weighted by atomic mass is 16.1. The molecule has 0 aliphatic carbocycles. The van der Waals surface area contributed by atoms with Gasteiger partial charge < -0.3 is 10.6 Å². The second kappa shape index (κ2) is 6.68. The van der Waals surface area contributed by atoms with Gasteiger partial charge in [-0.1, -0.05) is 24.3 Å². The van der Waals surface area contributed by atoms with Gasteiger partial charge in [-0.15, -0.1) is 0 Å². The van der Waals surface area contributed by atoms with E-state index in [9.17, 15) is 4.79 Å². The minimum absolute atomic E-state index is 0.178. The van der Waals surface area contributed by atoms with Crippen molar-refractivity contribution in [2.24, 2.45) is 5.92 Å². The van der Waals surface area contributed by atoms with Crippen LogP contribution >= 0.6 is 0 Å². The van der Waals surface area contributed by atoms with Crippen LogP contribution in [-0.2, 0) is 11.2 Å². The molecule has 0 spiro atoms. The van der Waals surface area contributed by atoms with E-state index in [2.05, 4.69) is 33.8 Å². The molecule has 1 saturated heterocycles. The molecular formula is C17H21N3O. The lowest BCUT2D eigenvalue weighted by molar-refractivity contribution is -0.125. The van der Waals surface area contributed by atoms with Crippen LogP contribution in [0.1, 0.15) is 18.4 Å². The van der Waals surface area contributed by atoms with E-state index in [1.807, 2.05) is 18.3 Å². The summed E-state index contributed by atoms with van der Waals surface area (Å²) in [7, 11) is 0. The molecule has 0 atom stereocenters. The maximum absolute atomic E-state index is 12.1. The Morgan fingerprint density at radius 1 is 1.24 bits per heavy atom. The van der Waals surface area contributed by atoms with E-state index in [-0.39, 0.29) is 11.8 Å². The van der Waals surface area contributed by atoms with E-state index in [0.717, 1.165) is 43.3 Å². The third kappa shape index (κ3) is 3.39. The number of benzene rings is 1. The number of carbonyl (C=O) groups excluding carboxylic acids is 1. The summed E-state index contributed by atoms with van der Waals surface area (Å²) in [5.74, 6) is 0.376. The van der Waals surface area contributed by atoms with Crippen molar-refractivity contribution in [2.45, 2.75) is 19.3 Å². The minimum Gasteiger partial charge on any atom is -0.356 e. The Morgan fingerprint density at radius 2 is 2.05 bits per heavy atom. The first-order valence-corrected chi connectivity index (χ1v) is 7.65. The molecule has 1 aromatic carbocycles. The van der Waals surface area contributed by atoms with Gasteiger partial charge in [0.1, 0.15) is 0 Å². The largest absolute Gasteiger partial charge is 0.356 e. The zero-order chi connectivity index (χ0) is 14.5. The van der Waals surface area contributed by atoms with Gasteiger partial charge in [0.2, 0.25) is 5.91 Å². The SMILES string of the molecule is O=C(NCCc1cccc2cccnc12)C1CCNCC1. The smallest absolute Gasteiger partial charge is 0.223 e. The summed E-state index contributed by atoms with van der Waals surface area (Å²) in [6.07, 6.45) is 4.54. The van der Waals surface area contributed by atoms with Crippen LogP contribution in [0.15, 0.2) is 36.5 Å². The number of piperidine rings is 1. The van der Waals surface area contributed by atoms with Crippen LogP contribution < -0.4 is 10.6 Å². The Kier molecular flexibility index (Phi) is 4.46. The molecule has 1 aromatic heterocycles. The minimum atomic E-state index is 0.178. The van der Waals surface area contributed by atoms with Crippen molar-refractivity contribution in [2.75, 3.05) is 19.6 Å². The normalized spacial score (nSPS) is 16.0. The molecule has 1 aliphatic rings. The van der Waals surface area contributed by atoms with Crippen LogP contribution in [0.25, 0.3) is 10.9 Å². The van der Waals surface area contributed by atoms with E-state index in [4.69, 9.17) is 0 Å². The molecular weight excluding hydrogens is 262 g/mol. The zero-order valence-corrected chi connectivity index (χ0v) is 12.1. The third-order valence-electron chi connectivity index (χ3n) is 4.12. The first kappa shape index (κ1) is 14.0. The van der Waals surface area contributed by atoms with Crippen LogP contribution in [0.5, 0.6) is 0 Å². The molecule has 4 nitrogen and oxygen atoms in total. The molecule has 0 saturated carbocycles. The van der Waals surface area contributed by atoms with Crippen molar-refractivity contribution in [1.82, 2.24) is 15.6 Å². The van der Waals surface area contributed by atoms with Crippen LogP contribution in [0, 0.1) is 5.92 Å². The number of rotatable bonds is 4. The van der Waals surface area contributed by atoms with E-state index in [1.165, 1.54) is 5.56 Å². The predicted octanol–water partition coefficient (Wildman–Crippen LogP) is 1.89. The van der Waals surface area contributed by atoms with Gasteiger partial charge in [0, 0.05) is 24.0 Å². The van der Waals surface area contributed by atoms with Gasteiger partial charge in [-0.2, -0.15) is 0 Å². The number of fused-ring (bicyclic) bond motifs is 1. The highest BCUT2D eigenvalue weighted by Crippen LogP contribution is 2.16. The summed E-state index contributed by atoms with van der Waals surface area (Å²) in [4.78, 5) is 16.5. The number of amides is 1. The number of hydrogen-bond acceptors (Lipinski definition) is 3. The summed E-state index contributed by atoms with van der Waals surface area (Å²) < 4.78 is 0. The lowest BCUT2D eigenvalue weighted by Crippen LogP contribution is -2.38. The average Bonchev–Trinajstić information content (AvgIpc) is 2.56. The fourth-order valence-corrected chi connectivity index (χ4v) is 2.92. The summed E-state index contributed by atoms with van der Waals surface area (Å²) in [5, 5.41) is 7.51. The predicted molar refractivity (Wildman–Crippen MR) is 84.1 cm³/mol. The van der Waals surface area contributed by atoms with Gasteiger partial charge >= 0.3 is 0 Å². The Bertz CT molecular complexity index is 615. The molecule has 1 amide bonds. The highest BCUT2D eigenvalue weighted by molar-refractivity contribution is 5.82. The van der Waals surface area contributed by atoms with Gasteiger partial charge in [-0.3, -0.25) is 9.78 Å². The lowest BCUT2D eigenvalue weighted by Gasteiger charge is -2.21. The maximum atomic E-state index is 12.1. The second-order valence-electron chi connectivity index (χ2n) is 5.56.